The minimum atomic E-state index is -0.901. The molecule has 0 radical (unpaired) electrons. The zero-order valence-corrected chi connectivity index (χ0v) is 19.1. The van der Waals surface area contributed by atoms with Gasteiger partial charge in [-0.2, -0.15) is 0 Å². The van der Waals surface area contributed by atoms with Crippen molar-refractivity contribution in [3.05, 3.63) is 83.0 Å². The van der Waals surface area contributed by atoms with Gasteiger partial charge >= 0.3 is 0 Å². The van der Waals surface area contributed by atoms with Crippen molar-refractivity contribution in [2.45, 2.75) is 31.0 Å². The number of thiophene rings is 1. The fourth-order valence-electron chi connectivity index (χ4n) is 4.57. The highest BCUT2D eigenvalue weighted by atomic mass is 32.1. The highest BCUT2D eigenvalue weighted by Crippen LogP contribution is 2.28. The molecule has 0 aliphatic carbocycles. The third-order valence-corrected chi connectivity index (χ3v) is 7.22. The SMILES string of the molecule is O=C(NC(Cc1ccc(F)cc1)C(=O)N1CCC2OCC(=O)C21)c1ccc(-c2cccs2)cc1. The second kappa shape index (κ2) is 9.48. The van der Waals surface area contributed by atoms with Crippen molar-refractivity contribution in [1.29, 1.82) is 0 Å². The van der Waals surface area contributed by atoms with Gasteiger partial charge < -0.3 is 15.0 Å². The smallest absolute Gasteiger partial charge is 0.251 e. The number of amides is 2. The number of Topliss-reactive ketones (excluding diaryl/α,β-unsaturated/α-hetero) is 1. The Hall–Kier alpha value is -3.36. The molecule has 1 aromatic heterocycles. The topological polar surface area (TPSA) is 75.7 Å². The van der Waals surface area contributed by atoms with E-state index in [2.05, 4.69) is 5.32 Å². The second-order valence-corrected chi connectivity index (χ2v) is 9.44. The van der Waals surface area contributed by atoms with E-state index in [0.717, 1.165) is 10.4 Å². The Morgan fingerprint density at radius 2 is 1.88 bits per heavy atom. The molecule has 2 aromatic carbocycles. The molecule has 8 heteroatoms. The van der Waals surface area contributed by atoms with Gasteiger partial charge in [-0.25, -0.2) is 4.39 Å². The van der Waals surface area contributed by atoms with Crippen molar-refractivity contribution in [3.8, 4) is 10.4 Å². The normalized spacial score (nSPS) is 20.3. The summed E-state index contributed by atoms with van der Waals surface area (Å²) in [5.74, 6) is -1.22. The average Bonchev–Trinajstić information content (AvgIpc) is 3.60. The van der Waals surface area contributed by atoms with Crippen LogP contribution in [0.2, 0.25) is 0 Å². The maximum absolute atomic E-state index is 13.5. The molecule has 0 saturated carbocycles. The van der Waals surface area contributed by atoms with Crippen LogP contribution < -0.4 is 5.32 Å². The number of rotatable bonds is 6. The molecule has 3 atom stereocenters. The fourth-order valence-corrected chi connectivity index (χ4v) is 5.30. The van der Waals surface area contributed by atoms with Crippen LogP contribution in [-0.2, 0) is 20.7 Å². The highest BCUT2D eigenvalue weighted by Gasteiger charge is 2.48. The van der Waals surface area contributed by atoms with E-state index in [4.69, 9.17) is 4.74 Å². The van der Waals surface area contributed by atoms with E-state index < -0.39 is 12.1 Å². The third-order valence-electron chi connectivity index (χ3n) is 6.30. The number of benzene rings is 2. The maximum Gasteiger partial charge on any atom is 0.251 e. The van der Waals surface area contributed by atoms with Crippen LogP contribution in [0.3, 0.4) is 0 Å². The van der Waals surface area contributed by atoms with E-state index >= 15 is 0 Å². The third kappa shape index (κ3) is 4.51. The molecule has 5 rings (SSSR count). The lowest BCUT2D eigenvalue weighted by atomic mass is 10.0. The van der Waals surface area contributed by atoms with Crippen LogP contribution in [0.1, 0.15) is 22.3 Å². The van der Waals surface area contributed by atoms with Crippen molar-refractivity contribution < 1.29 is 23.5 Å². The molecule has 34 heavy (non-hydrogen) atoms. The molecule has 2 amide bonds. The number of hydrogen-bond acceptors (Lipinski definition) is 5. The van der Waals surface area contributed by atoms with Gasteiger partial charge in [0.15, 0.2) is 5.78 Å². The van der Waals surface area contributed by atoms with Crippen molar-refractivity contribution >= 4 is 28.9 Å². The monoisotopic (exact) mass is 478 g/mol. The number of fused-ring (bicyclic) bond motifs is 1. The van der Waals surface area contributed by atoms with Crippen LogP contribution in [0.15, 0.2) is 66.0 Å². The minimum Gasteiger partial charge on any atom is -0.368 e. The van der Waals surface area contributed by atoms with Crippen LogP contribution in [-0.4, -0.2) is 53.8 Å². The van der Waals surface area contributed by atoms with Crippen LogP contribution in [0.5, 0.6) is 0 Å². The Morgan fingerprint density at radius 1 is 1.12 bits per heavy atom. The molecule has 3 aromatic rings. The first-order valence-corrected chi connectivity index (χ1v) is 12.0. The summed E-state index contributed by atoms with van der Waals surface area (Å²) < 4.78 is 18.9. The second-order valence-electron chi connectivity index (χ2n) is 8.49. The van der Waals surface area contributed by atoms with Gasteiger partial charge in [0, 0.05) is 23.4 Å². The van der Waals surface area contributed by atoms with Gasteiger partial charge in [-0.3, -0.25) is 14.4 Å². The van der Waals surface area contributed by atoms with Crippen LogP contribution in [0.25, 0.3) is 10.4 Å². The van der Waals surface area contributed by atoms with E-state index in [1.165, 1.54) is 17.0 Å². The number of nitrogens with one attached hydrogen (secondary N) is 1. The lowest BCUT2D eigenvalue weighted by molar-refractivity contribution is -0.138. The summed E-state index contributed by atoms with van der Waals surface area (Å²) >= 11 is 1.61. The molecule has 0 bridgehead atoms. The zero-order valence-electron chi connectivity index (χ0n) is 18.3. The van der Waals surface area contributed by atoms with Gasteiger partial charge in [-0.1, -0.05) is 30.3 Å². The van der Waals surface area contributed by atoms with Crippen molar-refractivity contribution in [1.82, 2.24) is 10.2 Å². The van der Waals surface area contributed by atoms with Gasteiger partial charge in [-0.05, 0) is 53.3 Å². The first-order valence-electron chi connectivity index (χ1n) is 11.1. The molecule has 2 aliphatic rings. The van der Waals surface area contributed by atoms with E-state index in [1.807, 2.05) is 29.6 Å². The summed E-state index contributed by atoms with van der Waals surface area (Å²) in [6, 6.07) is 15.5. The van der Waals surface area contributed by atoms with Gasteiger partial charge in [0.2, 0.25) is 5.91 Å². The predicted octanol–water partition coefficient (Wildman–Crippen LogP) is 3.46. The molecule has 2 aliphatic heterocycles. The summed E-state index contributed by atoms with van der Waals surface area (Å²) in [7, 11) is 0. The molecule has 0 spiro atoms. The maximum atomic E-state index is 13.5. The number of likely N-dealkylation sites (tertiary alicyclic amines) is 1. The molecule has 3 heterocycles. The standard InChI is InChI=1S/C26H23FN2O4S/c27-19-9-3-16(4-10-19)14-20(26(32)29-12-11-22-24(29)21(30)15-33-22)28-25(31)18-7-5-17(6-8-18)23-2-1-13-34-23/h1-10,13,20,22,24H,11-12,14-15H2,(H,28,31). The Morgan fingerprint density at radius 3 is 2.59 bits per heavy atom. The largest absolute Gasteiger partial charge is 0.368 e. The zero-order chi connectivity index (χ0) is 23.7. The van der Waals surface area contributed by atoms with Gasteiger partial charge in [0.1, 0.15) is 24.5 Å². The number of halogens is 1. The lowest BCUT2D eigenvalue weighted by Gasteiger charge is -2.27. The van der Waals surface area contributed by atoms with Crippen LogP contribution in [0, 0.1) is 5.82 Å². The highest BCUT2D eigenvalue weighted by molar-refractivity contribution is 7.13. The van der Waals surface area contributed by atoms with Crippen LogP contribution >= 0.6 is 11.3 Å². The average molecular weight is 479 g/mol. The van der Waals surface area contributed by atoms with Gasteiger partial charge in [0.25, 0.3) is 5.91 Å². The number of carbonyl (C=O) groups excluding carboxylic acids is 3. The molecule has 1 N–H and O–H groups in total. The number of ether oxygens (including phenoxy) is 1. The summed E-state index contributed by atoms with van der Waals surface area (Å²) in [6.45, 7) is 0.399. The summed E-state index contributed by atoms with van der Waals surface area (Å²) in [6.07, 6.45) is 0.480. The van der Waals surface area contributed by atoms with E-state index in [-0.39, 0.29) is 42.5 Å². The predicted molar refractivity (Wildman–Crippen MR) is 126 cm³/mol. The Kier molecular flexibility index (Phi) is 6.26. The van der Waals surface area contributed by atoms with E-state index in [0.29, 0.717) is 24.1 Å². The first kappa shape index (κ1) is 22.4. The first-order chi connectivity index (χ1) is 16.5. The lowest BCUT2D eigenvalue weighted by Crippen LogP contribution is -2.53. The molecule has 174 valence electrons. The fraction of sp³-hybridized carbons (Fsp3) is 0.269. The quantitative estimate of drug-likeness (QED) is 0.589. The Balaban J connectivity index is 1.36. The Bertz CT molecular complexity index is 1190. The Labute approximate surface area is 200 Å². The van der Waals surface area contributed by atoms with Crippen molar-refractivity contribution in [2.24, 2.45) is 0 Å². The number of carbonyl (C=O) groups is 3. The molecule has 2 fully saturated rings. The van der Waals surface area contributed by atoms with Crippen LogP contribution in [0.4, 0.5) is 4.39 Å². The summed E-state index contributed by atoms with van der Waals surface area (Å²) in [5.41, 5.74) is 2.14. The van der Waals surface area contributed by atoms with Gasteiger partial charge in [0.05, 0.1) is 6.10 Å². The summed E-state index contributed by atoms with van der Waals surface area (Å²) in [5, 5.41) is 4.84. The number of ketones is 1. The summed E-state index contributed by atoms with van der Waals surface area (Å²) in [4.78, 5) is 41.5. The minimum absolute atomic E-state index is 0.00465. The van der Waals surface area contributed by atoms with Crippen molar-refractivity contribution in [2.75, 3.05) is 13.2 Å². The molecular weight excluding hydrogens is 455 g/mol. The number of nitrogens with zero attached hydrogens (tertiary/aromatic N) is 1. The van der Waals surface area contributed by atoms with E-state index in [9.17, 15) is 18.8 Å². The number of hydrogen-bond donors (Lipinski definition) is 1. The molecule has 3 unspecified atom stereocenters. The molecular formula is C26H23FN2O4S. The molecule has 2 saturated heterocycles. The molecule has 6 nitrogen and oxygen atoms in total. The van der Waals surface area contributed by atoms with E-state index in [1.54, 1.807) is 35.6 Å². The van der Waals surface area contributed by atoms with Crippen molar-refractivity contribution in [3.63, 3.8) is 0 Å². The van der Waals surface area contributed by atoms with Gasteiger partial charge in [-0.15, -0.1) is 11.3 Å².